The van der Waals surface area contributed by atoms with Crippen molar-refractivity contribution in [2.75, 3.05) is 0 Å². The highest BCUT2D eigenvalue weighted by atomic mass is 14.2. The third kappa shape index (κ3) is 8.25. The molecule has 0 heteroatoms. The summed E-state index contributed by atoms with van der Waals surface area (Å²) in [5, 5.41) is 0. The van der Waals surface area contributed by atoms with Crippen LogP contribution in [0.5, 0.6) is 0 Å². The van der Waals surface area contributed by atoms with Crippen molar-refractivity contribution in [2.24, 2.45) is 17.8 Å². The molecule has 0 amide bonds. The molecular formula is C42H54. The van der Waals surface area contributed by atoms with E-state index in [1.165, 1.54) is 88.6 Å². The zero-order valence-corrected chi connectivity index (χ0v) is 27.9. The van der Waals surface area contributed by atoms with E-state index in [9.17, 15) is 0 Å². The lowest BCUT2D eigenvalue weighted by molar-refractivity contribution is 0.709. The van der Waals surface area contributed by atoms with E-state index < -0.39 is 0 Å². The van der Waals surface area contributed by atoms with Crippen LogP contribution in [-0.2, 0) is 19.3 Å². The van der Waals surface area contributed by atoms with Crippen molar-refractivity contribution < 1.29 is 0 Å². The SMILES string of the molecule is Cc1ccc2c(c1)C=C(C(C)C)CC2.Cc1ccc2c(c1)CCC(C(C)C)=C2.Cc1cccc2c1C=C(C(C)C)CC2. The molecule has 222 valence electrons. The smallest absolute Gasteiger partial charge is 0.0195 e. The molecule has 0 fully saturated rings. The van der Waals surface area contributed by atoms with E-state index in [1.807, 2.05) is 0 Å². The highest BCUT2D eigenvalue weighted by molar-refractivity contribution is 5.63. The predicted octanol–water partition coefficient (Wildman–Crippen LogP) is 11.9. The first kappa shape index (κ1) is 31.8. The topological polar surface area (TPSA) is 0 Å². The Morgan fingerprint density at radius 3 is 1.62 bits per heavy atom. The molecule has 0 saturated carbocycles. The zero-order valence-electron chi connectivity index (χ0n) is 27.9. The van der Waals surface area contributed by atoms with Gasteiger partial charge in [0.1, 0.15) is 0 Å². The monoisotopic (exact) mass is 558 g/mol. The second-order valence-corrected chi connectivity index (χ2v) is 13.7. The second kappa shape index (κ2) is 14.4. The van der Waals surface area contributed by atoms with Gasteiger partial charge >= 0.3 is 0 Å². The van der Waals surface area contributed by atoms with Crippen LogP contribution in [0.1, 0.15) is 111 Å². The molecule has 0 aromatic heterocycles. The fourth-order valence-electron chi connectivity index (χ4n) is 6.34. The summed E-state index contributed by atoms with van der Waals surface area (Å²) in [5.41, 5.74) is 17.9. The summed E-state index contributed by atoms with van der Waals surface area (Å²) in [6.45, 7) is 20.2. The van der Waals surface area contributed by atoms with Gasteiger partial charge in [-0.05, 0) is 116 Å². The standard InChI is InChI=1S/3C14H18/c1-10(2)12-6-7-13-8-11(3)4-5-14(13)9-12;1-10(2)13-7-6-12-5-4-11(3)8-14(12)9-13;1-10(2)13-8-7-12-6-4-5-11(3)14(12)9-13/h2*4-5,8-10H,6-7H2,1-3H3;4-6,9-10H,7-8H2,1-3H3. The van der Waals surface area contributed by atoms with Crippen LogP contribution in [-0.4, -0.2) is 0 Å². The van der Waals surface area contributed by atoms with Gasteiger partial charge in [0.05, 0.1) is 0 Å². The summed E-state index contributed by atoms with van der Waals surface area (Å²) in [6, 6.07) is 20.2. The lowest BCUT2D eigenvalue weighted by Gasteiger charge is -2.20. The van der Waals surface area contributed by atoms with Gasteiger partial charge < -0.3 is 0 Å². The van der Waals surface area contributed by atoms with Gasteiger partial charge in [-0.3, -0.25) is 0 Å². The van der Waals surface area contributed by atoms with Crippen LogP contribution in [0.25, 0.3) is 18.2 Å². The Bertz CT molecular complexity index is 1470. The summed E-state index contributed by atoms with van der Waals surface area (Å²) in [4.78, 5) is 0. The highest BCUT2D eigenvalue weighted by Crippen LogP contribution is 2.31. The molecule has 0 atom stereocenters. The van der Waals surface area contributed by atoms with Crippen LogP contribution in [0.4, 0.5) is 0 Å². The van der Waals surface area contributed by atoms with Gasteiger partial charge in [-0.25, -0.2) is 0 Å². The van der Waals surface area contributed by atoms with Gasteiger partial charge in [-0.1, -0.05) is 142 Å². The normalized spacial score (nSPS) is 15.3. The average Bonchev–Trinajstić information content (AvgIpc) is 2.97. The third-order valence-corrected chi connectivity index (χ3v) is 9.30. The Hall–Kier alpha value is -3.12. The van der Waals surface area contributed by atoms with Gasteiger partial charge in [0, 0.05) is 0 Å². The van der Waals surface area contributed by atoms with Crippen molar-refractivity contribution in [3.05, 3.63) is 121 Å². The minimum Gasteiger partial charge on any atom is -0.0667 e. The van der Waals surface area contributed by atoms with E-state index in [0.717, 1.165) is 0 Å². The zero-order chi connectivity index (χ0) is 30.4. The van der Waals surface area contributed by atoms with Gasteiger partial charge in [0.2, 0.25) is 0 Å². The maximum Gasteiger partial charge on any atom is -0.0195 e. The van der Waals surface area contributed by atoms with E-state index in [0.29, 0.717) is 17.8 Å². The van der Waals surface area contributed by atoms with Crippen LogP contribution in [0.3, 0.4) is 0 Å². The molecule has 42 heavy (non-hydrogen) atoms. The average molecular weight is 559 g/mol. The van der Waals surface area contributed by atoms with E-state index in [4.69, 9.17) is 0 Å². The number of rotatable bonds is 3. The van der Waals surface area contributed by atoms with Crippen LogP contribution < -0.4 is 0 Å². The highest BCUT2D eigenvalue weighted by Gasteiger charge is 2.14. The molecule has 3 aromatic carbocycles. The fraction of sp³-hybridized carbons (Fsp3) is 0.429. The van der Waals surface area contributed by atoms with Gasteiger partial charge in [0.15, 0.2) is 0 Å². The van der Waals surface area contributed by atoms with Crippen LogP contribution >= 0.6 is 0 Å². The fourth-order valence-corrected chi connectivity index (χ4v) is 6.34. The first-order chi connectivity index (χ1) is 20.0. The molecule has 0 saturated heterocycles. The molecular weight excluding hydrogens is 504 g/mol. The van der Waals surface area contributed by atoms with Crippen molar-refractivity contribution in [2.45, 2.75) is 101 Å². The van der Waals surface area contributed by atoms with E-state index >= 15 is 0 Å². The Kier molecular flexibility index (Phi) is 10.9. The molecule has 0 bridgehead atoms. The number of allylic oxidation sites excluding steroid dienone is 3. The van der Waals surface area contributed by atoms with Crippen molar-refractivity contribution >= 4 is 18.2 Å². The van der Waals surface area contributed by atoms with Crippen LogP contribution in [0.15, 0.2) is 71.3 Å². The van der Waals surface area contributed by atoms with Crippen molar-refractivity contribution in [3.8, 4) is 0 Å². The third-order valence-electron chi connectivity index (χ3n) is 9.30. The molecule has 0 radical (unpaired) electrons. The molecule has 0 aliphatic heterocycles. The maximum atomic E-state index is 2.40. The van der Waals surface area contributed by atoms with Crippen molar-refractivity contribution in [3.63, 3.8) is 0 Å². The minimum atomic E-state index is 0.697. The first-order valence-corrected chi connectivity index (χ1v) is 16.4. The molecule has 0 unspecified atom stereocenters. The quantitative estimate of drug-likeness (QED) is 0.300. The summed E-state index contributed by atoms with van der Waals surface area (Å²) in [6.07, 6.45) is 14.6. The first-order valence-electron chi connectivity index (χ1n) is 16.4. The maximum absolute atomic E-state index is 2.40. The van der Waals surface area contributed by atoms with Crippen LogP contribution in [0, 0.1) is 38.5 Å². The Morgan fingerprint density at radius 2 is 0.976 bits per heavy atom. The molecule has 6 rings (SSSR count). The second-order valence-electron chi connectivity index (χ2n) is 13.7. The molecule has 3 aromatic rings. The van der Waals surface area contributed by atoms with E-state index in [1.54, 1.807) is 16.7 Å². The summed E-state index contributed by atoms with van der Waals surface area (Å²) in [7, 11) is 0. The number of hydrogen-bond acceptors (Lipinski definition) is 0. The van der Waals surface area contributed by atoms with E-state index in [-0.39, 0.29) is 0 Å². The van der Waals surface area contributed by atoms with E-state index in [2.05, 4.69) is 135 Å². The van der Waals surface area contributed by atoms with Crippen molar-refractivity contribution in [1.29, 1.82) is 0 Å². The lowest BCUT2D eigenvalue weighted by atomic mass is 9.85. The number of benzene rings is 3. The molecule has 3 aliphatic carbocycles. The minimum absolute atomic E-state index is 0.697. The van der Waals surface area contributed by atoms with Gasteiger partial charge in [-0.2, -0.15) is 0 Å². The number of aryl methyl sites for hydroxylation is 6. The number of hydrogen-bond donors (Lipinski definition) is 0. The Balaban J connectivity index is 0.000000145. The molecule has 0 nitrogen and oxygen atoms in total. The molecule has 3 aliphatic rings. The van der Waals surface area contributed by atoms with Crippen molar-refractivity contribution in [1.82, 2.24) is 0 Å². The summed E-state index contributed by atoms with van der Waals surface area (Å²) >= 11 is 0. The van der Waals surface area contributed by atoms with Crippen LogP contribution in [0.2, 0.25) is 0 Å². The molecule has 0 spiro atoms. The summed E-state index contributed by atoms with van der Waals surface area (Å²) in [5.74, 6) is 2.09. The largest absolute Gasteiger partial charge is 0.0667 e. The number of fused-ring (bicyclic) bond motifs is 3. The Morgan fingerprint density at radius 1 is 0.452 bits per heavy atom. The lowest BCUT2D eigenvalue weighted by Crippen LogP contribution is -2.04. The predicted molar refractivity (Wildman–Crippen MR) is 187 cm³/mol. The van der Waals surface area contributed by atoms with Gasteiger partial charge in [-0.15, -0.1) is 0 Å². The molecule has 0 heterocycles. The summed E-state index contributed by atoms with van der Waals surface area (Å²) < 4.78 is 0. The molecule has 0 N–H and O–H groups in total. The Labute approximate surface area is 257 Å². The van der Waals surface area contributed by atoms with Gasteiger partial charge in [0.25, 0.3) is 0 Å².